The molecule has 1 heterocycles. The number of halogens is 1. The van der Waals surface area contributed by atoms with E-state index >= 15 is 0 Å². The lowest BCUT2D eigenvalue weighted by Gasteiger charge is -2.06. The lowest BCUT2D eigenvalue weighted by atomic mass is 10.3. The highest BCUT2D eigenvalue weighted by Gasteiger charge is 2.19. The molecule has 2 rings (SSSR count). The molecule has 1 aromatic rings. The predicted octanol–water partition coefficient (Wildman–Crippen LogP) is 3.24. The Morgan fingerprint density at radius 2 is 2.38 bits per heavy atom. The topological polar surface area (TPSA) is 24.9 Å². The summed E-state index contributed by atoms with van der Waals surface area (Å²) in [7, 11) is 0. The maximum Gasteiger partial charge on any atom is 0.0963 e. The number of rotatable bonds is 6. The molecule has 0 unspecified atom stereocenters. The highest BCUT2D eigenvalue weighted by molar-refractivity contribution is 9.10. The van der Waals surface area contributed by atoms with Gasteiger partial charge in [0.05, 0.1) is 5.03 Å². The second-order valence-electron chi connectivity index (χ2n) is 4.01. The van der Waals surface area contributed by atoms with E-state index in [4.69, 9.17) is 0 Å². The van der Waals surface area contributed by atoms with E-state index in [1.54, 1.807) is 11.8 Å². The maximum absolute atomic E-state index is 4.31. The maximum atomic E-state index is 4.31. The molecule has 0 aromatic carbocycles. The highest BCUT2D eigenvalue weighted by Crippen LogP contribution is 2.21. The second kappa shape index (κ2) is 5.84. The molecule has 0 radical (unpaired) electrons. The van der Waals surface area contributed by atoms with Crippen molar-refractivity contribution >= 4 is 27.7 Å². The van der Waals surface area contributed by atoms with E-state index in [1.165, 1.54) is 18.4 Å². The van der Waals surface area contributed by atoms with Crippen LogP contribution in [0.4, 0.5) is 0 Å². The number of pyridine rings is 1. The van der Waals surface area contributed by atoms with Gasteiger partial charge in [-0.15, -0.1) is 11.8 Å². The fourth-order valence-electron chi connectivity index (χ4n) is 1.25. The Kier molecular flexibility index (Phi) is 4.44. The molecule has 0 spiro atoms. The van der Waals surface area contributed by atoms with Crippen LogP contribution in [0.2, 0.25) is 0 Å². The molecular formula is C12H15BrN2S. The van der Waals surface area contributed by atoms with Gasteiger partial charge in [-0.2, -0.15) is 0 Å². The lowest BCUT2D eigenvalue weighted by Crippen LogP contribution is -2.19. The van der Waals surface area contributed by atoms with E-state index in [0.29, 0.717) is 0 Å². The van der Waals surface area contributed by atoms with Crippen LogP contribution in [0.25, 0.3) is 0 Å². The summed E-state index contributed by atoms with van der Waals surface area (Å²) in [6.45, 7) is 5.01. The Labute approximate surface area is 109 Å². The second-order valence-corrected chi connectivity index (χ2v) is 5.92. The molecule has 0 saturated heterocycles. The summed E-state index contributed by atoms with van der Waals surface area (Å²) < 4.78 is 1.02. The van der Waals surface area contributed by atoms with Gasteiger partial charge in [0.25, 0.3) is 0 Å². The third-order valence-corrected chi connectivity index (χ3v) is 3.90. The van der Waals surface area contributed by atoms with Crippen molar-refractivity contribution in [1.29, 1.82) is 0 Å². The molecule has 1 aromatic heterocycles. The van der Waals surface area contributed by atoms with E-state index in [2.05, 4.69) is 32.8 Å². The van der Waals surface area contributed by atoms with E-state index in [-0.39, 0.29) is 0 Å². The van der Waals surface area contributed by atoms with Crippen LogP contribution in [0.1, 0.15) is 12.8 Å². The van der Waals surface area contributed by atoms with Gasteiger partial charge in [0.1, 0.15) is 0 Å². The molecule has 0 amide bonds. The van der Waals surface area contributed by atoms with Crippen molar-refractivity contribution in [2.75, 3.05) is 12.3 Å². The van der Waals surface area contributed by atoms with Crippen molar-refractivity contribution in [3.63, 3.8) is 0 Å². The summed E-state index contributed by atoms with van der Waals surface area (Å²) in [6.07, 6.45) is 4.48. The average molecular weight is 299 g/mol. The minimum absolute atomic E-state index is 0.757. The zero-order chi connectivity index (χ0) is 11.4. The molecule has 1 fully saturated rings. The number of aromatic nitrogens is 1. The predicted molar refractivity (Wildman–Crippen MR) is 72.8 cm³/mol. The van der Waals surface area contributed by atoms with E-state index in [9.17, 15) is 0 Å². The molecule has 16 heavy (non-hydrogen) atoms. The first-order chi connectivity index (χ1) is 7.74. The molecule has 86 valence electrons. The molecule has 1 aliphatic rings. The van der Waals surface area contributed by atoms with Crippen molar-refractivity contribution < 1.29 is 0 Å². The number of hydrogen-bond donors (Lipinski definition) is 1. The smallest absolute Gasteiger partial charge is 0.0963 e. The summed E-state index contributed by atoms with van der Waals surface area (Å²) in [5, 5.41) is 4.51. The van der Waals surface area contributed by atoms with Gasteiger partial charge < -0.3 is 5.32 Å². The Hall–Kier alpha value is -0.320. The first-order valence-corrected chi connectivity index (χ1v) is 7.16. The Morgan fingerprint density at radius 3 is 3.00 bits per heavy atom. The van der Waals surface area contributed by atoms with Gasteiger partial charge in [-0.1, -0.05) is 12.2 Å². The van der Waals surface area contributed by atoms with Gasteiger partial charge in [-0.3, -0.25) is 0 Å². The number of thioether (sulfide) groups is 1. The third kappa shape index (κ3) is 4.28. The molecule has 0 aliphatic heterocycles. The van der Waals surface area contributed by atoms with Crippen LogP contribution < -0.4 is 5.32 Å². The summed E-state index contributed by atoms with van der Waals surface area (Å²) in [6, 6.07) is 4.80. The highest BCUT2D eigenvalue weighted by atomic mass is 79.9. The Morgan fingerprint density at radius 1 is 1.56 bits per heavy atom. The van der Waals surface area contributed by atoms with Crippen molar-refractivity contribution in [1.82, 2.24) is 10.3 Å². The van der Waals surface area contributed by atoms with Gasteiger partial charge in [0.2, 0.25) is 0 Å². The fourth-order valence-corrected chi connectivity index (χ4v) is 2.23. The molecule has 1 saturated carbocycles. The van der Waals surface area contributed by atoms with E-state index in [1.807, 2.05) is 18.3 Å². The summed E-state index contributed by atoms with van der Waals surface area (Å²) >= 11 is 5.11. The average Bonchev–Trinajstić information content (AvgIpc) is 3.09. The first kappa shape index (κ1) is 12.1. The SMILES string of the molecule is C=C(CNC1CC1)CSc1ccc(Br)cn1. The molecule has 1 N–H and O–H groups in total. The van der Waals surface area contributed by atoms with Gasteiger partial charge in [-0.05, 0) is 40.9 Å². The monoisotopic (exact) mass is 298 g/mol. The molecule has 2 nitrogen and oxygen atoms in total. The van der Waals surface area contributed by atoms with Crippen LogP contribution in [0.3, 0.4) is 0 Å². The molecule has 0 atom stereocenters. The van der Waals surface area contributed by atoms with E-state index < -0.39 is 0 Å². The minimum Gasteiger partial charge on any atom is -0.310 e. The van der Waals surface area contributed by atoms with Crippen molar-refractivity contribution in [3.05, 3.63) is 35.0 Å². The van der Waals surface area contributed by atoms with Gasteiger partial charge in [0.15, 0.2) is 0 Å². The standard InChI is InChI=1S/C12H15BrN2S/c1-9(6-14-11-3-4-11)8-16-12-5-2-10(13)7-15-12/h2,5,7,11,14H,1,3-4,6,8H2. The van der Waals surface area contributed by atoms with Crippen LogP contribution in [0.5, 0.6) is 0 Å². The van der Waals surface area contributed by atoms with Crippen LogP contribution in [0.15, 0.2) is 40.0 Å². The molecule has 4 heteroatoms. The quantitative estimate of drug-likeness (QED) is 0.645. The van der Waals surface area contributed by atoms with Crippen LogP contribution in [-0.2, 0) is 0 Å². The molecular weight excluding hydrogens is 284 g/mol. The Bertz CT molecular complexity index is 360. The van der Waals surface area contributed by atoms with Gasteiger partial charge in [-0.25, -0.2) is 4.98 Å². The van der Waals surface area contributed by atoms with E-state index in [0.717, 1.165) is 27.8 Å². The normalized spacial score (nSPS) is 15.1. The molecule has 1 aliphatic carbocycles. The Balaban J connectivity index is 1.69. The largest absolute Gasteiger partial charge is 0.310 e. The summed E-state index contributed by atoms with van der Waals surface area (Å²) in [4.78, 5) is 4.31. The van der Waals surface area contributed by atoms with Crippen molar-refractivity contribution in [2.24, 2.45) is 0 Å². The van der Waals surface area contributed by atoms with Crippen molar-refractivity contribution in [3.8, 4) is 0 Å². The lowest BCUT2D eigenvalue weighted by molar-refractivity contribution is 0.736. The van der Waals surface area contributed by atoms with Crippen LogP contribution >= 0.6 is 27.7 Å². The number of nitrogens with one attached hydrogen (secondary N) is 1. The third-order valence-electron chi connectivity index (χ3n) is 2.34. The number of nitrogens with zero attached hydrogens (tertiary/aromatic N) is 1. The fraction of sp³-hybridized carbons (Fsp3) is 0.417. The van der Waals surface area contributed by atoms with Crippen molar-refractivity contribution in [2.45, 2.75) is 23.9 Å². The van der Waals surface area contributed by atoms with Crippen LogP contribution in [0, 0.1) is 0 Å². The van der Waals surface area contributed by atoms with Crippen LogP contribution in [-0.4, -0.2) is 23.3 Å². The van der Waals surface area contributed by atoms with Gasteiger partial charge in [0, 0.05) is 29.0 Å². The zero-order valence-corrected chi connectivity index (χ0v) is 11.5. The first-order valence-electron chi connectivity index (χ1n) is 5.38. The summed E-state index contributed by atoms with van der Waals surface area (Å²) in [5.74, 6) is 0.939. The minimum atomic E-state index is 0.757. The summed E-state index contributed by atoms with van der Waals surface area (Å²) in [5.41, 5.74) is 1.24. The van der Waals surface area contributed by atoms with Gasteiger partial charge >= 0.3 is 0 Å². The molecule has 0 bridgehead atoms. The number of hydrogen-bond acceptors (Lipinski definition) is 3. The zero-order valence-electron chi connectivity index (χ0n) is 9.08.